The Morgan fingerprint density at radius 2 is 1.89 bits per heavy atom. The summed E-state index contributed by atoms with van der Waals surface area (Å²) in [5, 5.41) is 10.1. The van der Waals surface area contributed by atoms with Crippen LogP contribution in [0.2, 0.25) is 10.0 Å². The maximum atomic E-state index is 12.6. The monoisotopic (exact) mass is 408 g/mol. The Morgan fingerprint density at radius 3 is 2.41 bits per heavy atom. The van der Waals surface area contributed by atoms with Gasteiger partial charge >= 0.3 is 11.7 Å². The maximum absolute atomic E-state index is 12.6. The van der Waals surface area contributed by atoms with Gasteiger partial charge in [0.2, 0.25) is 0 Å². The van der Waals surface area contributed by atoms with E-state index in [0.717, 1.165) is 10.6 Å². The van der Waals surface area contributed by atoms with Crippen LogP contribution in [0.25, 0.3) is 17.1 Å². The van der Waals surface area contributed by atoms with Crippen molar-refractivity contribution in [2.45, 2.75) is 20.4 Å². The zero-order valence-corrected chi connectivity index (χ0v) is 15.8. The highest BCUT2D eigenvalue weighted by molar-refractivity contribution is 6.42. The number of halogens is 2. The molecule has 1 aromatic carbocycles. The number of pyridine rings is 1. The fourth-order valence-corrected chi connectivity index (χ4v) is 3.21. The topological polar surface area (TPSA) is 94.4 Å². The number of aromatic carboxylic acids is 1. The molecule has 0 aliphatic heterocycles. The first-order valence-corrected chi connectivity index (χ1v) is 8.66. The number of hydrogen-bond acceptors (Lipinski definition) is 4. The molecule has 7 nitrogen and oxygen atoms in total. The highest BCUT2D eigenvalue weighted by Crippen LogP contribution is 2.31. The second-order valence-corrected chi connectivity index (χ2v) is 6.56. The van der Waals surface area contributed by atoms with Crippen molar-refractivity contribution in [3.63, 3.8) is 0 Å². The van der Waals surface area contributed by atoms with Crippen molar-refractivity contribution in [3.8, 4) is 17.1 Å². The highest BCUT2D eigenvalue weighted by atomic mass is 35.5. The summed E-state index contributed by atoms with van der Waals surface area (Å²) < 4.78 is 7.71. The van der Waals surface area contributed by atoms with E-state index in [4.69, 9.17) is 27.6 Å². The fourth-order valence-electron chi connectivity index (χ4n) is 2.91. The number of aryl methyl sites for hydroxylation is 1. The van der Waals surface area contributed by atoms with Crippen molar-refractivity contribution < 1.29 is 14.3 Å². The van der Waals surface area contributed by atoms with E-state index >= 15 is 0 Å². The lowest BCUT2D eigenvalue weighted by Gasteiger charge is -2.19. The molecule has 9 heteroatoms. The molecule has 2 aromatic heterocycles. The molecule has 0 amide bonds. The molecule has 0 fully saturated rings. The largest absolute Gasteiger partial charge is 0.477 e. The number of carbonyl (C=O) groups is 1. The summed E-state index contributed by atoms with van der Waals surface area (Å²) >= 11 is 12.0. The fraction of sp³-hybridized carbons (Fsp3) is 0.167. The van der Waals surface area contributed by atoms with E-state index in [1.54, 1.807) is 24.5 Å². The summed E-state index contributed by atoms with van der Waals surface area (Å²) in [5.74, 6) is -1.52. The number of carboxylic acids is 1. The summed E-state index contributed by atoms with van der Waals surface area (Å²) in [7, 11) is 0. The van der Waals surface area contributed by atoms with Gasteiger partial charge in [0.15, 0.2) is 5.43 Å². The lowest BCUT2D eigenvalue weighted by molar-refractivity contribution is 0.0695. The Morgan fingerprint density at radius 1 is 1.19 bits per heavy atom. The number of hydrogen-bond donors (Lipinski definition) is 1. The Labute approximate surface area is 163 Å². The maximum Gasteiger partial charge on any atom is 0.424 e. The van der Waals surface area contributed by atoms with Crippen molar-refractivity contribution in [3.05, 3.63) is 72.6 Å². The molecular formula is C18H14Cl2N2O5. The van der Waals surface area contributed by atoms with Crippen LogP contribution in [0.4, 0.5) is 0 Å². The average Bonchev–Trinajstić information content (AvgIpc) is 2.94. The molecule has 0 saturated carbocycles. The number of aromatic nitrogens is 2. The normalized spacial score (nSPS) is 11.0. The van der Waals surface area contributed by atoms with Gasteiger partial charge in [-0.15, -0.1) is 0 Å². The summed E-state index contributed by atoms with van der Waals surface area (Å²) in [6.45, 7) is 3.64. The van der Waals surface area contributed by atoms with E-state index in [1.165, 1.54) is 18.3 Å². The highest BCUT2D eigenvalue weighted by Gasteiger charge is 2.23. The Hall–Kier alpha value is -2.77. The van der Waals surface area contributed by atoms with Crippen molar-refractivity contribution >= 4 is 29.2 Å². The van der Waals surface area contributed by atoms with Crippen molar-refractivity contribution in [1.82, 2.24) is 9.13 Å². The van der Waals surface area contributed by atoms with Crippen molar-refractivity contribution in [2.75, 3.05) is 0 Å². The molecule has 0 spiro atoms. The standard InChI is InChI=1S/C18H14Cl2N2O5/c1-3-21-14(22-8-9(2)27-18(22)26)7-13(23)15(17(24)25)16(21)10-4-5-11(19)12(20)6-10/h4-8H,3H2,1-2H3,(H,24,25). The zero-order chi connectivity index (χ0) is 19.9. The van der Waals surface area contributed by atoms with Gasteiger partial charge in [0.05, 0.1) is 21.9 Å². The molecule has 0 bridgehead atoms. The summed E-state index contributed by atoms with van der Waals surface area (Å²) in [4.78, 5) is 36.5. The number of rotatable bonds is 4. The predicted molar refractivity (Wildman–Crippen MR) is 101 cm³/mol. The van der Waals surface area contributed by atoms with Gasteiger partial charge in [-0.1, -0.05) is 29.3 Å². The summed E-state index contributed by atoms with van der Waals surface area (Å²) in [5.41, 5.74) is -0.658. The molecule has 0 radical (unpaired) electrons. The third-order valence-electron chi connectivity index (χ3n) is 4.02. The minimum atomic E-state index is -1.38. The third kappa shape index (κ3) is 3.31. The smallest absolute Gasteiger partial charge is 0.424 e. The molecule has 0 unspecified atom stereocenters. The van der Waals surface area contributed by atoms with Crippen LogP contribution in [0.5, 0.6) is 0 Å². The van der Waals surface area contributed by atoms with Gasteiger partial charge in [-0.2, -0.15) is 0 Å². The number of carboxylic acid groups (broad SMARTS) is 1. The average molecular weight is 409 g/mol. The first kappa shape index (κ1) is 19.0. The van der Waals surface area contributed by atoms with Crippen LogP contribution >= 0.6 is 23.2 Å². The quantitative estimate of drug-likeness (QED) is 0.711. The van der Waals surface area contributed by atoms with Gasteiger partial charge in [0.1, 0.15) is 17.1 Å². The molecule has 3 aromatic rings. The van der Waals surface area contributed by atoms with Gasteiger partial charge in [-0.05, 0) is 26.0 Å². The van der Waals surface area contributed by atoms with Crippen LogP contribution in [0.1, 0.15) is 23.0 Å². The van der Waals surface area contributed by atoms with Gasteiger partial charge in [0.25, 0.3) is 0 Å². The Balaban J connectivity index is 2.47. The van der Waals surface area contributed by atoms with E-state index in [-0.39, 0.29) is 23.1 Å². The zero-order valence-electron chi connectivity index (χ0n) is 14.3. The van der Waals surface area contributed by atoms with Gasteiger partial charge in [0, 0.05) is 18.2 Å². The molecule has 0 aliphatic rings. The van der Waals surface area contributed by atoms with Crippen LogP contribution in [0.15, 0.2) is 44.5 Å². The second-order valence-electron chi connectivity index (χ2n) is 5.75. The first-order chi connectivity index (χ1) is 12.7. The number of benzene rings is 1. The van der Waals surface area contributed by atoms with E-state index < -0.39 is 22.7 Å². The lowest BCUT2D eigenvalue weighted by atomic mass is 10.0. The summed E-state index contributed by atoms with van der Waals surface area (Å²) in [6, 6.07) is 5.65. The third-order valence-corrected chi connectivity index (χ3v) is 4.75. The van der Waals surface area contributed by atoms with Crippen LogP contribution < -0.4 is 11.2 Å². The molecule has 0 atom stereocenters. The van der Waals surface area contributed by atoms with Gasteiger partial charge in [-0.3, -0.25) is 4.79 Å². The van der Waals surface area contributed by atoms with Gasteiger partial charge < -0.3 is 14.1 Å². The molecule has 0 saturated heterocycles. The molecular weight excluding hydrogens is 395 g/mol. The van der Waals surface area contributed by atoms with E-state index in [0.29, 0.717) is 16.3 Å². The van der Waals surface area contributed by atoms with Gasteiger partial charge in [-0.25, -0.2) is 14.2 Å². The summed E-state index contributed by atoms with van der Waals surface area (Å²) in [6.07, 6.45) is 1.43. The lowest BCUT2D eigenvalue weighted by Crippen LogP contribution is -2.26. The minimum absolute atomic E-state index is 0.122. The van der Waals surface area contributed by atoms with Crippen molar-refractivity contribution in [2.24, 2.45) is 0 Å². The molecule has 27 heavy (non-hydrogen) atoms. The molecule has 2 heterocycles. The predicted octanol–water partition coefficient (Wildman–Crippen LogP) is 3.59. The van der Waals surface area contributed by atoms with Crippen LogP contribution in [-0.4, -0.2) is 20.2 Å². The number of oxazole rings is 1. The van der Waals surface area contributed by atoms with Crippen molar-refractivity contribution in [1.29, 1.82) is 0 Å². The molecule has 1 N–H and O–H groups in total. The van der Waals surface area contributed by atoms with Crippen LogP contribution in [0.3, 0.4) is 0 Å². The van der Waals surface area contributed by atoms with Crippen LogP contribution in [0, 0.1) is 6.92 Å². The second kappa shape index (κ2) is 7.09. The van der Waals surface area contributed by atoms with E-state index in [9.17, 15) is 19.5 Å². The van der Waals surface area contributed by atoms with Crippen LogP contribution in [-0.2, 0) is 6.54 Å². The van der Waals surface area contributed by atoms with E-state index in [1.807, 2.05) is 0 Å². The molecule has 0 aliphatic carbocycles. The molecule has 3 rings (SSSR count). The Bertz CT molecular complexity index is 1170. The minimum Gasteiger partial charge on any atom is -0.477 e. The van der Waals surface area contributed by atoms with E-state index in [2.05, 4.69) is 0 Å². The number of nitrogens with zero attached hydrogens (tertiary/aromatic N) is 2. The first-order valence-electron chi connectivity index (χ1n) is 7.90. The SMILES string of the molecule is CCn1c(-n2cc(C)oc2=O)cc(=O)c(C(=O)O)c1-c1ccc(Cl)c(Cl)c1. The molecule has 140 valence electrons. The Kier molecular flexibility index (Phi) is 4.99.